The summed E-state index contributed by atoms with van der Waals surface area (Å²) in [5.41, 5.74) is 0. The van der Waals surface area contributed by atoms with Gasteiger partial charge in [0.2, 0.25) is 0 Å². The fourth-order valence-corrected chi connectivity index (χ4v) is 1.17. The van der Waals surface area contributed by atoms with Crippen molar-refractivity contribution in [2.75, 3.05) is 13.2 Å². The quantitative estimate of drug-likeness (QED) is 0.366. The van der Waals surface area contributed by atoms with Gasteiger partial charge in [-0.1, -0.05) is 0 Å². The Morgan fingerprint density at radius 3 is 1.19 bits per heavy atom. The predicted molar refractivity (Wildman–Crippen MR) is 62.3 cm³/mol. The van der Waals surface area contributed by atoms with Gasteiger partial charge in [-0.15, -0.1) is 0 Å². The third-order valence-corrected chi connectivity index (χ3v) is 2.80. The summed E-state index contributed by atoms with van der Waals surface area (Å²) in [4.78, 5) is 30.6. The molecule has 0 spiro atoms. The fraction of sp³-hybridized carbons (Fsp3) is 0.727. The van der Waals surface area contributed by atoms with Crippen LogP contribution in [0.5, 0.6) is 0 Å². The zero-order chi connectivity index (χ0) is 25.3. The number of esters is 2. The van der Waals surface area contributed by atoms with E-state index in [0.717, 1.165) is 0 Å². The van der Waals surface area contributed by atoms with Crippen LogP contribution in [0, 0.1) is 0 Å². The van der Waals surface area contributed by atoms with Gasteiger partial charge in [0.1, 0.15) is 6.61 Å². The number of nitrogens with one attached hydrogen (secondary N) is 1. The SMILES string of the molecule is O=C(OC(=O)C(F)(F)C(F)(F)C(F)(F)F)C(F)(F)C(F)(F)C(F)(F)F.O=C1NCCO1. The Bertz CT molecular complexity index is 642. The minimum Gasteiger partial charge on any atom is -0.448 e. The van der Waals surface area contributed by atoms with Crippen molar-refractivity contribution in [3.05, 3.63) is 0 Å². The molecule has 0 saturated carbocycles. The molecular formula is C11H5F14NO5. The Balaban J connectivity index is 0.00000127. The minimum absolute atomic E-state index is 0.296. The molecule has 1 amide bonds. The van der Waals surface area contributed by atoms with Crippen LogP contribution in [-0.2, 0) is 19.1 Å². The lowest BCUT2D eigenvalue weighted by Crippen LogP contribution is -2.60. The van der Waals surface area contributed by atoms with Crippen molar-refractivity contribution in [2.24, 2.45) is 0 Å². The predicted octanol–water partition coefficient (Wildman–Crippen LogP) is 3.45. The van der Waals surface area contributed by atoms with Gasteiger partial charge in [0.15, 0.2) is 0 Å². The van der Waals surface area contributed by atoms with Gasteiger partial charge in [-0.3, -0.25) is 0 Å². The van der Waals surface area contributed by atoms with Gasteiger partial charge in [-0.05, 0) is 0 Å². The first kappa shape index (κ1) is 28.4. The van der Waals surface area contributed by atoms with Crippen LogP contribution in [0.25, 0.3) is 0 Å². The Morgan fingerprint density at radius 2 is 1.03 bits per heavy atom. The molecule has 0 unspecified atom stereocenters. The van der Waals surface area contributed by atoms with E-state index in [-0.39, 0.29) is 6.09 Å². The lowest BCUT2D eigenvalue weighted by atomic mass is 10.1. The Hall–Kier alpha value is -2.57. The van der Waals surface area contributed by atoms with Gasteiger partial charge in [-0.25, -0.2) is 14.4 Å². The van der Waals surface area contributed by atoms with E-state index in [1.54, 1.807) is 0 Å². The molecule has 0 atom stereocenters. The number of hydrogen-bond donors (Lipinski definition) is 1. The van der Waals surface area contributed by atoms with Crippen LogP contribution < -0.4 is 5.32 Å². The second-order valence-electron chi connectivity index (χ2n) is 5.03. The third-order valence-electron chi connectivity index (χ3n) is 2.80. The topological polar surface area (TPSA) is 81.7 Å². The van der Waals surface area contributed by atoms with Crippen LogP contribution in [0.3, 0.4) is 0 Å². The number of carbonyl (C=O) groups is 3. The molecule has 1 fully saturated rings. The number of ether oxygens (including phenoxy) is 2. The van der Waals surface area contributed by atoms with E-state index in [9.17, 15) is 75.8 Å². The standard InChI is InChI=1S/C8F14O3.C3H5NO2/c9-3(10,5(13,14)7(17,18)19)1(23)25-2(24)4(11,12)6(15,16)8(20,21)22;5-3-4-1-2-6-3/h;1-2H2,(H,4,5). The van der Waals surface area contributed by atoms with Gasteiger partial charge in [0, 0.05) is 0 Å². The summed E-state index contributed by atoms with van der Waals surface area (Å²) < 4.78 is 176. The summed E-state index contributed by atoms with van der Waals surface area (Å²) in [5.74, 6) is -37.7. The van der Waals surface area contributed by atoms with Gasteiger partial charge in [-0.2, -0.15) is 61.5 Å². The van der Waals surface area contributed by atoms with Gasteiger partial charge in [0.05, 0.1) is 6.54 Å². The minimum atomic E-state index is -7.33. The van der Waals surface area contributed by atoms with Gasteiger partial charge < -0.3 is 14.8 Å². The van der Waals surface area contributed by atoms with Crippen LogP contribution in [0.1, 0.15) is 0 Å². The largest absolute Gasteiger partial charge is 0.460 e. The summed E-state index contributed by atoms with van der Waals surface area (Å²) >= 11 is 0. The van der Waals surface area contributed by atoms with Crippen LogP contribution >= 0.6 is 0 Å². The van der Waals surface area contributed by atoms with Crippen molar-refractivity contribution in [2.45, 2.75) is 36.0 Å². The summed E-state index contributed by atoms with van der Waals surface area (Å²) in [7, 11) is 0. The first-order valence-corrected chi connectivity index (χ1v) is 6.76. The van der Waals surface area contributed by atoms with E-state index in [2.05, 4.69) is 10.1 Å². The van der Waals surface area contributed by atoms with Crippen LogP contribution in [0.4, 0.5) is 66.3 Å². The van der Waals surface area contributed by atoms with Crippen molar-refractivity contribution >= 4 is 18.0 Å². The Morgan fingerprint density at radius 1 is 0.710 bits per heavy atom. The fourth-order valence-electron chi connectivity index (χ4n) is 1.17. The number of carbonyl (C=O) groups excluding carboxylic acids is 3. The molecule has 1 rings (SSSR count). The monoisotopic (exact) mass is 497 g/mol. The highest BCUT2D eigenvalue weighted by molar-refractivity contribution is 5.93. The average Bonchev–Trinajstić information content (AvgIpc) is 3.03. The number of alkyl carbamates (subject to hydrolysis) is 1. The molecule has 31 heavy (non-hydrogen) atoms. The van der Waals surface area contributed by atoms with Gasteiger partial charge in [0.25, 0.3) is 0 Å². The smallest absolute Gasteiger partial charge is 0.448 e. The molecule has 182 valence electrons. The first-order valence-electron chi connectivity index (χ1n) is 6.76. The third kappa shape index (κ3) is 5.57. The summed E-state index contributed by atoms with van der Waals surface area (Å²) in [6.07, 6.45) is -14.7. The average molecular weight is 497 g/mol. The summed E-state index contributed by atoms with van der Waals surface area (Å²) in [6.45, 7) is 1.19. The molecule has 0 radical (unpaired) electrons. The Labute approximate surface area is 159 Å². The summed E-state index contributed by atoms with van der Waals surface area (Å²) in [6, 6.07) is 0. The lowest BCUT2D eigenvalue weighted by molar-refractivity contribution is -0.354. The van der Waals surface area contributed by atoms with Crippen molar-refractivity contribution in [1.29, 1.82) is 0 Å². The highest BCUT2D eigenvalue weighted by atomic mass is 19.4. The molecule has 1 saturated heterocycles. The molecular weight excluding hydrogens is 492 g/mol. The maximum absolute atomic E-state index is 12.6. The molecule has 6 nitrogen and oxygen atoms in total. The number of rotatable bonds is 4. The van der Waals surface area contributed by atoms with Crippen LogP contribution in [0.2, 0.25) is 0 Å². The highest BCUT2D eigenvalue weighted by Crippen LogP contribution is 2.49. The normalized spacial score (nSPS) is 16.0. The number of halogens is 14. The van der Waals surface area contributed by atoms with E-state index in [1.807, 2.05) is 4.74 Å². The van der Waals surface area contributed by atoms with Crippen LogP contribution in [0.15, 0.2) is 0 Å². The van der Waals surface area contributed by atoms with Crippen molar-refractivity contribution < 1.29 is 85.3 Å². The van der Waals surface area contributed by atoms with E-state index >= 15 is 0 Å². The first-order chi connectivity index (χ1) is 13.4. The molecule has 1 heterocycles. The van der Waals surface area contributed by atoms with Crippen molar-refractivity contribution in [1.82, 2.24) is 5.32 Å². The molecule has 20 heteroatoms. The van der Waals surface area contributed by atoms with Crippen molar-refractivity contribution in [3.63, 3.8) is 0 Å². The molecule has 0 aromatic rings. The van der Waals surface area contributed by atoms with Gasteiger partial charge >= 0.3 is 54.1 Å². The van der Waals surface area contributed by atoms with E-state index in [1.165, 1.54) is 0 Å². The zero-order valence-corrected chi connectivity index (χ0v) is 13.7. The number of amides is 1. The van der Waals surface area contributed by atoms with Crippen LogP contribution in [-0.4, -0.2) is 67.2 Å². The second kappa shape index (κ2) is 8.52. The zero-order valence-electron chi connectivity index (χ0n) is 13.7. The molecule has 0 aromatic carbocycles. The Kier molecular flexibility index (Phi) is 7.81. The van der Waals surface area contributed by atoms with E-state index in [4.69, 9.17) is 0 Å². The van der Waals surface area contributed by atoms with E-state index < -0.39 is 48.0 Å². The second-order valence-corrected chi connectivity index (χ2v) is 5.03. The number of cyclic esters (lactones) is 1. The maximum atomic E-state index is 12.6. The molecule has 1 aliphatic rings. The maximum Gasteiger partial charge on any atom is 0.460 e. The highest BCUT2D eigenvalue weighted by Gasteiger charge is 2.80. The molecule has 0 aromatic heterocycles. The lowest BCUT2D eigenvalue weighted by Gasteiger charge is -2.28. The molecule has 1 aliphatic heterocycles. The molecule has 0 aliphatic carbocycles. The molecule has 0 bridgehead atoms. The van der Waals surface area contributed by atoms with Crippen molar-refractivity contribution in [3.8, 4) is 0 Å². The number of hydrogen-bond acceptors (Lipinski definition) is 5. The van der Waals surface area contributed by atoms with E-state index in [0.29, 0.717) is 13.2 Å². The summed E-state index contributed by atoms with van der Waals surface area (Å²) in [5, 5.41) is 2.46. The molecule has 1 N–H and O–H groups in total. The number of alkyl halides is 14.